The predicted octanol–water partition coefficient (Wildman–Crippen LogP) is 3.86. The minimum absolute atomic E-state index is 0. The molecule has 0 bridgehead atoms. The second kappa shape index (κ2) is 6.12. The van der Waals surface area contributed by atoms with Crippen LogP contribution in [0.2, 0.25) is 0 Å². The van der Waals surface area contributed by atoms with Crippen LogP contribution in [0.15, 0.2) is 0 Å². The van der Waals surface area contributed by atoms with Crippen molar-refractivity contribution in [3.8, 4) is 0 Å². The topological polar surface area (TPSA) is 0 Å². The summed E-state index contributed by atoms with van der Waals surface area (Å²) in [6.07, 6.45) is 7.44. The van der Waals surface area contributed by atoms with E-state index in [1.54, 1.807) is 0 Å². The average Bonchev–Trinajstić information content (AvgIpc) is 1.94. The average molecular weight is 130 g/mol. The monoisotopic (exact) mass is 130 g/mol. The molecule has 0 radical (unpaired) electrons. The van der Waals surface area contributed by atoms with Gasteiger partial charge in [0.1, 0.15) is 0 Å². The molecule has 0 unspecified atom stereocenters. The zero-order valence-electron chi connectivity index (χ0n) is 7.11. The van der Waals surface area contributed by atoms with Crippen molar-refractivity contribution in [3.63, 3.8) is 0 Å². The highest BCUT2D eigenvalue weighted by Crippen LogP contribution is 2.21. The van der Waals surface area contributed by atoms with E-state index in [1.807, 2.05) is 13.8 Å². The summed E-state index contributed by atoms with van der Waals surface area (Å²) < 4.78 is 0. The second-order valence-electron chi connectivity index (χ2n) is 2.74. The van der Waals surface area contributed by atoms with Gasteiger partial charge in [0.05, 0.1) is 0 Å². The summed E-state index contributed by atoms with van der Waals surface area (Å²) in [4.78, 5) is 0. The molecule has 0 aromatic carbocycles. The van der Waals surface area contributed by atoms with E-state index in [4.69, 9.17) is 0 Å². The largest absolute Gasteiger partial charge is 0.0683 e. The Labute approximate surface area is 61.1 Å². The van der Waals surface area contributed by atoms with E-state index in [0.717, 1.165) is 5.92 Å². The lowest BCUT2D eigenvalue weighted by molar-refractivity contribution is 0.385. The summed E-state index contributed by atoms with van der Waals surface area (Å²) in [6.45, 7) is 6.36. The molecule has 0 heterocycles. The van der Waals surface area contributed by atoms with Gasteiger partial charge in [0, 0.05) is 1.43 Å². The van der Waals surface area contributed by atoms with E-state index in [9.17, 15) is 0 Å². The summed E-state index contributed by atoms with van der Waals surface area (Å²) in [5.41, 5.74) is 0. The summed E-state index contributed by atoms with van der Waals surface area (Å²) in [6, 6.07) is 0. The molecule has 0 aromatic heterocycles. The zero-order chi connectivity index (χ0) is 7.11. The molecule has 9 heavy (non-hydrogen) atoms. The van der Waals surface area contributed by atoms with Crippen molar-refractivity contribution in [2.24, 2.45) is 5.92 Å². The molecular weight excluding hydrogens is 108 g/mol. The standard InChI is InChI=1S/C7H14.C2H6.H2/c1-7-5-3-2-4-6-7;1-2;/h7H,2-6H2,1H3;1-2H3;1H. The maximum atomic E-state index is 2.36. The van der Waals surface area contributed by atoms with Crippen LogP contribution in [0.25, 0.3) is 0 Å². The molecule has 0 amide bonds. The molecule has 58 valence electrons. The van der Waals surface area contributed by atoms with Gasteiger partial charge in [-0.1, -0.05) is 52.9 Å². The van der Waals surface area contributed by atoms with Gasteiger partial charge in [-0.15, -0.1) is 0 Å². The van der Waals surface area contributed by atoms with Crippen molar-refractivity contribution < 1.29 is 1.43 Å². The predicted molar refractivity (Wildman–Crippen MR) is 45.7 cm³/mol. The molecule has 1 aliphatic carbocycles. The Morgan fingerprint density at radius 1 is 1.00 bits per heavy atom. The molecule has 0 heteroatoms. The highest BCUT2D eigenvalue weighted by molar-refractivity contribution is 4.59. The molecule has 1 rings (SSSR count). The lowest BCUT2D eigenvalue weighted by Gasteiger charge is -2.15. The van der Waals surface area contributed by atoms with Crippen molar-refractivity contribution in [1.29, 1.82) is 0 Å². The van der Waals surface area contributed by atoms with E-state index < -0.39 is 0 Å². The van der Waals surface area contributed by atoms with Gasteiger partial charge in [0.2, 0.25) is 0 Å². The highest BCUT2D eigenvalue weighted by Gasteiger charge is 2.05. The van der Waals surface area contributed by atoms with Gasteiger partial charge in [-0.25, -0.2) is 0 Å². The molecule has 0 atom stereocenters. The van der Waals surface area contributed by atoms with Crippen LogP contribution < -0.4 is 0 Å². The van der Waals surface area contributed by atoms with Crippen molar-refractivity contribution in [3.05, 3.63) is 0 Å². The van der Waals surface area contributed by atoms with E-state index in [2.05, 4.69) is 6.92 Å². The summed E-state index contributed by atoms with van der Waals surface area (Å²) in [7, 11) is 0. The van der Waals surface area contributed by atoms with Crippen LogP contribution in [0.3, 0.4) is 0 Å². The number of hydrogen-bond acceptors (Lipinski definition) is 0. The van der Waals surface area contributed by atoms with E-state index in [1.165, 1.54) is 32.1 Å². The first-order valence-electron chi connectivity index (χ1n) is 4.39. The molecular formula is C9H22. The van der Waals surface area contributed by atoms with Crippen LogP contribution in [-0.2, 0) is 0 Å². The Hall–Kier alpha value is 0. The Morgan fingerprint density at radius 3 is 1.67 bits per heavy atom. The molecule has 1 aliphatic rings. The van der Waals surface area contributed by atoms with Gasteiger partial charge in [0.25, 0.3) is 0 Å². The lowest BCUT2D eigenvalue weighted by Crippen LogP contribution is -1.99. The van der Waals surface area contributed by atoms with Crippen LogP contribution in [-0.4, -0.2) is 0 Å². The fourth-order valence-electron chi connectivity index (χ4n) is 1.31. The van der Waals surface area contributed by atoms with E-state index in [-0.39, 0.29) is 1.43 Å². The second-order valence-corrected chi connectivity index (χ2v) is 2.74. The Balaban J connectivity index is 0. The van der Waals surface area contributed by atoms with Crippen molar-refractivity contribution in [1.82, 2.24) is 0 Å². The first-order valence-corrected chi connectivity index (χ1v) is 4.39. The maximum absolute atomic E-state index is 2.36. The van der Waals surface area contributed by atoms with Crippen LogP contribution in [0.4, 0.5) is 0 Å². The van der Waals surface area contributed by atoms with Gasteiger partial charge in [-0.3, -0.25) is 0 Å². The van der Waals surface area contributed by atoms with Crippen LogP contribution in [0.5, 0.6) is 0 Å². The van der Waals surface area contributed by atoms with Gasteiger partial charge >= 0.3 is 0 Å². The Morgan fingerprint density at radius 2 is 1.44 bits per heavy atom. The van der Waals surface area contributed by atoms with Crippen LogP contribution in [0.1, 0.15) is 54.3 Å². The van der Waals surface area contributed by atoms with E-state index in [0.29, 0.717) is 0 Å². The SMILES string of the molecule is CC.CC1CCCCC1.[HH]. The highest BCUT2D eigenvalue weighted by atomic mass is 14.1. The molecule has 0 saturated heterocycles. The van der Waals surface area contributed by atoms with Gasteiger partial charge in [-0.2, -0.15) is 0 Å². The van der Waals surface area contributed by atoms with Crippen molar-refractivity contribution in [2.75, 3.05) is 0 Å². The molecule has 1 fully saturated rings. The minimum atomic E-state index is 0. The molecule has 0 nitrogen and oxygen atoms in total. The first-order chi connectivity index (χ1) is 4.39. The normalized spacial score (nSPS) is 20.3. The van der Waals surface area contributed by atoms with Gasteiger partial charge in [-0.05, 0) is 5.92 Å². The third kappa shape index (κ3) is 4.50. The summed E-state index contributed by atoms with van der Waals surface area (Å²) in [5.74, 6) is 1.04. The molecule has 1 saturated carbocycles. The number of rotatable bonds is 0. The molecule has 0 N–H and O–H groups in total. The third-order valence-corrected chi connectivity index (χ3v) is 1.89. The third-order valence-electron chi connectivity index (χ3n) is 1.89. The maximum Gasteiger partial charge on any atom is 0 e. The quantitative estimate of drug-likeness (QED) is 0.467. The zero-order valence-corrected chi connectivity index (χ0v) is 7.11. The van der Waals surface area contributed by atoms with E-state index >= 15 is 0 Å². The van der Waals surface area contributed by atoms with Crippen molar-refractivity contribution in [2.45, 2.75) is 52.9 Å². The van der Waals surface area contributed by atoms with Crippen molar-refractivity contribution >= 4 is 0 Å². The fourth-order valence-corrected chi connectivity index (χ4v) is 1.31. The molecule has 0 aliphatic heterocycles. The minimum Gasteiger partial charge on any atom is -0.0683 e. The smallest absolute Gasteiger partial charge is 0 e. The fraction of sp³-hybridized carbons (Fsp3) is 1.00. The number of hydrogen-bond donors (Lipinski definition) is 0. The van der Waals surface area contributed by atoms with Gasteiger partial charge in [0.15, 0.2) is 0 Å². The Bertz CT molecular complexity index is 46.7. The summed E-state index contributed by atoms with van der Waals surface area (Å²) in [5, 5.41) is 0. The lowest BCUT2D eigenvalue weighted by atomic mass is 9.91. The molecule has 0 spiro atoms. The molecule has 0 aromatic rings. The van der Waals surface area contributed by atoms with Crippen LogP contribution >= 0.6 is 0 Å². The summed E-state index contributed by atoms with van der Waals surface area (Å²) >= 11 is 0. The Kier molecular flexibility index (Phi) is 6.12. The van der Waals surface area contributed by atoms with Crippen LogP contribution in [0, 0.1) is 5.92 Å². The van der Waals surface area contributed by atoms with Gasteiger partial charge < -0.3 is 0 Å². The first kappa shape index (κ1) is 9.00.